The molecule has 0 radical (unpaired) electrons. The lowest BCUT2D eigenvalue weighted by atomic mass is 10.1. The monoisotopic (exact) mass is 342 g/mol. The van der Waals surface area contributed by atoms with Gasteiger partial charge in [0.25, 0.3) is 5.91 Å². The second-order valence-corrected chi connectivity index (χ2v) is 6.07. The Morgan fingerprint density at radius 1 is 1.21 bits per heavy atom. The van der Waals surface area contributed by atoms with Crippen molar-refractivity contribution in [2.75, 3.05) is 19.7 Å². The van der Waals surface area contributed by atoms with Crippen molar-refractivity contribution < 1.29 is 9.53 Å². The number of fused-ring (bicyclic) bond motifs is 1. The van der Waals surface area contributed by atoms with Crippen LogP contribution in [-0.4, -0.2) is 45.9 Å². The summed E-state index contributed by atoms with van der Waals surface area (Å²) in [7, 11) is 0. The Morgan fingerprint density at radius 2 is 2.04 bits per heavy atom. The number of ether oxygens (including phenoxy) is 1. The molecule has 7 heteroatoms. The third-order valence-electron chi connectivity index (χ3n) is 4.17. The van der Waals surface area contributed by atoms with Crippen LogP contribution in [0, 0.1) is 0 Å². The van der Waals surface area contributed by atoms with E-state index in [4.69, 9.17) is 16.3 Å². The predicted octanol–water partition coefficient (Wildman–Crippen LogP) is 2.83. The highest BCUT2D eigenvalue weighted by atomic mass is 35.5. The van der Waals surface area contributed by atoms with E-state index in [1.54, 1.807) is 23.1 Å². The number of H-pyrrole nitrogens is 1. The molecule has 1 amide bonds. The molecule has 24 heavy (non-hydrogen) atoms. The summed E-state index contributed by atoms with van der Waals surface area (Å²) in [5.74, 6) is -0.0414. The van der Waals surface area contributed by atoms with E-state index in [1.807, 2.05) is 24.3 Å². The molecule has 122 valence electrons. The van der Waals surface area contributed by atoms with Crippen LogP contribution in [0.15, 0.2) is 42.5 Å². The molecule has 0 spiro atoms. The van der Waals surface area contributed by atoms with Crippen LogP contribution in [0.25, 0.3) is 11.0 Å². The quantitative estimate of drug-likeness (QED) is 0.777. The molecule has 1 N–H and O–H groups in total. The van der Waals surface area contributed by atoms with E-state index in [1.165, 1.54) is 0 Å². The summed E-state index contributed by atoms with van der Waals surface area (Å²) < 4.78 is 5.81. The highest BCUT2D eigenvalue weighted by Crippen LogP contribution is 2.29. The first kappa shape index (κ1) is 15.1. The van der Waals surface area contributed by atoms with E-state index >= 15 is 0 Å². The number of nitrogens with one attached hydrogen (secondary N) is 1. The zero-order valence-electron chi connectivity index (χ0n) is 12.8. The smallest absolute Gasteiger partial charge is 0.254 e. The molecule has 1 atom stereocenters. The minimum atomic E-state index is -0.216. The number of carbonyl (C=O) groups is 1. The van der Waals surface area contributed by atoms with Crippen molar-refractivity contribution in [3.05, 3.63) is 58.6 Å². The highest BCUT2D eigenvalue weighted by molar-refractivity contribution is 6.31. The first-order valence-electron chi connectivity index (χ1n) is 7.68. The van der Waals surface area contributed by atoms with Crippen molar-refractivity contribution in [3.63, 3.8) is 0 Å². The lowest BCUT2D eigenvalue weighted by molar-refractivity contribution is -0.0227. The summed E-state index contributed by atoms with van der Waals surface area (Å²) in [4.78, 5) is 14.6. The van der Waals surface area contributed by atoms with Crippen LogP contribution in [0.2, 0.25) is 5.02 Å². The molecule has 1 fully saturated rings. The minimum Gasteiger partial charge on any atom is -0.370 e. The zero-order valence-corrected chi connectivity index (χ0v) is 13.5. The molecular formula is C17H15ClN4O2. The molecular weight excluding hydrogens is 328 g/mol. The molecule has 1 saturated heterocycles. The third-order valence-corrected chi connectivity index (χ3v) is 4.51. The Hall–Kier alpha value is -2.44. The van der Waals surface area contributed by atoms with Gasteiger partial charge in [-0.2, -0.15) is 15.4 Å². The van der Waals surface area contributed by atoms with Crippen molar-refractivity contribution in [1.82, 2.24) is 20.3 Å². The van der Waals surface area contributed by atoms with Gasteiger partial charge in [-0.3, -0.25) is 4.79 Å². The van der Waals surface area contributed by atoms with Gasteiger partial charge in [-0.25, -0.2) is 0 Å². The van der Waals surface area contributed by atoms with Gasteiger partial charge in [0.15, 0.2) is 0 Å². The van der Waals surface area contributed by atoms with Crippen LogP contribution < -0.4 is 0 Å². The van der Waals surface area contributed by atoms with Gasteiger partial charge >= 0.3 is 0 Å². The SMILES string of the molecule is O=C(c1ccc2n[nH]nc2c1)N1CCO[C@@H](c2ccccc2Cl)C1. The second-order valence-electron chi connectivity index (χ2n) is 5.66. The summed E-state index contributed by atoms with van der Waals surface area (Å²) in [6, 6.07) is 12.9. The van der Waals surface area contributed by atoms with E-state index < -0.39 is 0 Å². The number of halogens is 1. The van der Waals surface area contributed by atoms with Gasteiger partial charge in [0.1, 0.15) is 17.1 Å². The Labute approximate surface area is 143 Å². The molecule has 6 nitrogen and oxygen atoms in total. The fourth-order valence-electron chi connectivity index (χ4n) is 2.91. The van der Waals surface area contributed by atoms with Gasteiger partial charge in [-0.05, 0) is 24.3 Å². The van der Waals surface area contributed by atoms with E-state index in [2.05, 4.69) is 15.4 Å². The van der Waals surface area contributed by atoms with Crippen LogP contribution in [0.3, 0.4) is 0 Å². The average Bonchev–Trinajstić information content (AvgIpc) is 3.09. The number of rotatable bonds is 2. The third kappa shape index (κ3) is 2.74. The van der Waals surface area contributed by atoms with Crippen molar-refractivity contribution in [3.8, 4) is 0 Å². The van der Waals surface area contributed by atoms with E-state index in [-0.39, 0.29) is 12.0 Å². The molecule has 0 saturated carbocycles. The molecule has 4 rings (SSSR count). The fourth-order valence-corrected chi connectivity index (χ4v) is 3.17. The molecule has 2 aromatic carbocycles. The summed E-state index contributed by atoms with van der Waals surface area (Å²) in [5, 5.41) is 11.2. The van der Waals surface area contributed by atoms with Crippen LogP contribution >= 0.6 is 11.6 Å². The average molecular weight is 343 g/mol. The molecule has 0 unspecified atom stereocenters. The Morgan fingerprint density at radius 3 is 2.92 bits per heavy atom. The number of nitrogens with zero attached hydrogens (tertiary/aromatic N) is 3. The summed E-state index contributed by atoms with van der Waals surface area (Å²) >= 11 is 6.25. The predicted molar refractivity (Wildman–Crippen MR) is 89.9 cm³/mol. The first-order valence-corrected chi connectivity index (χ1v) is 8.06. The lowest BCUT2D eigenvalue weighted by Gasteiger charge is -2.33. The number of aromatic nitrogens is 3. The number of morpholine rings is 1. The van der Waals surface area contributed by atoms with Gasteiger partial charge in [0.05, 0.1) is 13.2 Å². The molecule has 0 aliphatic carbocycles. The van der Waals surface area contributed by atoms with Gasteiger partial charge < -0.3 is 9.64 Å². The van der Waals surface area contributed by atoms with Gasteiger partial charge in [-0.1, -0.05) is 29.8 Å². The first-order chi connectivity index (χ1) is 11.7. The van der Waals surface area contributed by atoms with Gasteiger partial charge in [0, 0.05) is 22.7 Å². The van der Waals surface area contributed by atoms with Gasteiger partial charge in [0.2, 0.25) is 0 Å². The molecule has 2 heterocycles. The van der Waals surface area contributed by atoms with Gasteiger partial charge in [-0.15, -0.1) is 0 Å². The Kier molecular flexibility index (Phi) is 3.92. The van der Waals surface area contributed by atoms with Crippen LogP contribution in [0.1, 0.15) is 22.0 Å². The number of benzene rings is 2. The largest absolute Gasteiger partial charge is 0.370 e. The number of amides is 1. The zero-order chi connectivity index (χ0) is 16.5. The Bertz CT molecular complexity index is 895. The number of aromatic amines is 1. The van der Waals surface area contributed by atoms with Crippen molar-refractivity contribution in [2.24, 2.45) is 0 Å². The standard InChI is InChI=1S/C17H15ClN4O2/c18-13-4-2-1-3-12(13)16-10-22(7-8-24-16)17(23)11-5-6-14-15(9-11)20-21-19-14/h1-6,9,16H,7-8,10H2,(H,19,20,21)/t16-/m1/s1. The molecule has 1 aliphatic heterocycles. The lowest BCUT2D eigenvalue weighted by Crippen LogP contribution is -2.42. The fraction of sp³-hybridized carbons (Fsp3) is 0.235. The van der Waals surface area contributed by atoms with E-state index in [9.17, 15) is 4.79 Å². The van der Waals surface area contributed by atoms with Crippen LogP contribution in [-0.2, 0) is 4.74 Å². The maximum absolute atomic E-state index is 12.8. The minimum absolute atomic E-state index is 0.0414. The normalized spacial score (nSPS) is 18.0. The number of carbonyl (C=O) groups excluding carboxylic acids is 1. The van der Waals surface area contributed by atoms with Crippen LogP contribution in [0.4, 0.5) is 0 Å². The molecule has 0 bridgehead atoms. The molecule has 1 aromatic heterocycles. The topological polar surface area (TPSA) is 71.1 Å². The number of hydrogen-bond acceptors (Lipinski definition) is 4. The highest BCUT2D eigenvalue weighted by Gasteiger charge is 2.27. The Balaban J connectivity index is 1.57. The summed E-state index contributed by atoms with van der Waals surface area (Å²) in [6.07, 6.45) is -0.216. The summed E-state index contributed by atoms with van der Waals surface area (Å²) in [6.45, 7) is 1.50. The second kappa shape index (κ2) is 6.22. The van der Waals surface area contributed by atoms with E-state index in [0.29, 0.717) is 35.8 Å². The van der Waals surface area contributed by atoms with Crippen molar-refractivity contribution in [1.29, 1.82) is 0 Å². The molecule has 3 aromatic rings. The van der Waals surface area contributed by atoms with Crippen molar-refractivity contribution in [2.45, 2.75) is 6.10 Å². The molecule has 1 aliphatic rings. The maximum Gasteiger partial charge on any atom is 0.254 e. The van der Waals surface area contributed by atoms with E-state index in [0.717, 1.165) is 11.1 Å². The number of hydrogen-bond donors (Lipinski definition) is 1. The maximum atomic E-state index is 12.8. The van der Waals surface area contributed by atoms with Crippen molar-refractivity contribution >= 4 is 28.5 Å². The summed E-state index contributed by atoms with van der Waals surface area (Å²) in [5.41, 5.74) is 2.92. The van der Waals surface area contributed by atoms with Crippen LogP contribution in [0.5, 0.6) is 0 Å².